The number of carbonyl (C=O) groups excluding carboxylic acids is 3. The molecule has 0 atom stereocenters. The van der Waals surface area contributed by atoms with E-state index in [-0.39, 0.29) is 31.3 Å². The third-order valence-corrected chi connectivity index (χ3v) is 4.82. The quantitative estimate of drug-likeness (QED) is 0.477. The average molecular weight is 523 g/mol. The summed E-state index contributed by atoms with van der Waals surface area (Å²) in [7, 11) is 0. The average Bonchev–Trinajstić information content (AvgIpc) is 2.66. The molecule has 0 radical (unpaired) electrons. The van der Waals surface area contributed by atoms with E-state index in [4.69, 9.17) is 4.74 Å². The van der Waals surface area contributed by atoms with Gasteiger partial charge in [-0.05, 0) is 67.1 Å². The number of alkyl carbamates (subject to hydrolysis) is 1. The van der Waals surface area contributed by atoms with E-state index < -0.39 is 11.7 Å². The van der Waals surface area contributed by atoms with E-state index in [0.29, 0.717) is 11.3 Å². The number of amides is 3. The summed E-state index contributed by atoms with van der Waals surface area (Å²) >= 11 is 2.12. The van der Waals surface area contributed by atoms with Crippen LogP contribution < -0.4 is 16.0 Å². The first-order chi connectivity index (χ1) is 14.2. The Morgan fingerprint density at radius 3 is 2.33 bits per heavy atom. The minimum atomic E-state index is -0.585. The molecule has 160 valence electrons. The molecular formula is C22H26IN3O4. The summed E-state index contributed by atoms with van der Waals surface area (Å²) < 4.78 is 5.98. The van der Waals surface area contributed by atoms with Crippen molar-refractivity contribution in [1.29, 1.82) is 0 Å². The molecule has 7 nitrogen and oxygen atoms in total. The second-order valence-corrected chi connectivity index (χ2v) is 8.71. The fourth-order valence-corrected chi connectivity index (χ4v) is 3.14. The monoisotopic (exact) mass is 523 g/mol. The van der Waals surface area contributed by atoms with E-state index in [1.54, 1.807) is 32.9 Å². The van der Waals surface area contributed by atoms with Crippen molar-refractivity contribution >= 4 is 46.2 Å². The highest BCUT2D eigenvalue weighted by molar-refractivity contribution is 14.1. The van der Waals surface area contributed by atoms with Crippen LogP contribution in [-0.4, -0.2) is 30.1 Å². The molecule has 0 saturated heterocycles. The maximum atomic E-state index is 12.6. The third-order valence-electron chi connectivity index (χ3n) is 3.88. The molecule has 0 unspecified atom stereocenters. The van der Waals surface area contributed by atoms with Crippen LogP contribution >= 0.6 is 22.6 Å². The van der Waals surface area contributed by atoms with Gasteiger partial charge in [-0.3, -0.25) is 9.59 Å². The summed E-state index contributed by atoms with van der Waals surface area (Å²) in [6.45, 7) is 5.75. The Labute approximate surface area is 190 Å². The van der Waals surface area contributed by atoms with Gasteiger partial charge in [0.1, 0.15) is 5.60 Å². The van der Waals surface area contributed by atoms with Crippen molar-refractivity contribution in [2.24, 2.45) is 0 Å². The molecule has 0 bridgehead atoms. The number of anilines is 1. The zero-order valence-electron chi connectivity index (χ0n) is 17.3. The van der Waals surface area contributed by atoms with Crippen LogP contribution in [0, 0.1) is 3.57 Å². The van der Waals surface area contributed by atoms with Gasteiger partial charge >= 0.3 is 6.09 Å². The first-order valence-corrected chi connectivity index (χ1v) is 10.6. The number of ether oxygens (including phenoxy) is 1. The van der Waals surface area contributed by atoms with E-state index in [0.717, 1.165) is 9.13 Å². The largest absolute Gasteiger partial charge is 0.444 e. The van der Waals surface area contributed by atoms with Crippen molar-refractivity contribution in [3.8, 4) is 0 Å². The number of hydrogen-bond donors (Lipinski definition) is 3. The predicted molar refractivity (Wildman–Crippen MR) is 124 cm³/mol. The molecule has 0 fully saturated rings. The third kappa shape index (κ3) is 8.02. The van der Waals surface area contributed by atoms with Crippen LogP contribution in [0.4, 0.5) is 10.5 Å². The molecule has 0 spiro atoms. The lowest BCUT2D eigenvalue weighted by Gasteiger charge is -2.19. The number of halogens is 1. The van der Waals surface area contributed by atoms with Gasteiger partial charge in [0.2, 0.25) is 5.91 Å². The fraction of sp³-hybridized carbons (Fsp3) is 0.318. The van der Waals surface area contributed by atoms with Crippen molar-refractivity contribution in [2.45, 2.75) is 39.3 Å². The van der Waals surface area contributed by atoms with Crippen molar-refractivity contribution < 1.29 is 19.1 Å². The lowest BCUT2D eigenvalue weighted by molar-refractivity contribution is -0.121. The molecule has 0 aliphatic rings. The van der Waals surface area contributed by atoms with Crippen LogP contribution in [0.3, 0.4) is 0 Å². The van der Waals surface area contributed by atoms with Crippen molar-refractivity contribution in [3.05, 3.63) is 63.2 Å². The maximum absolute atomic E-state index is 12.6. The molecule has 2 aromatic rings. The summed E-state index contributed by atoms with van der Waals surface area (Å²) in [6, 6.07) is 14.6. The molecule has 3 N–H and O–H groups in total. The molecule has 0 aromatic heterocycles. The van der Waals surface area contributed by atoms with Gasteiger partial charge in [-0.1, -0.05) is 30.3 Å². The minimum Gasteiger partial charge on any atom is -0.444 e. The number of nitrogens with one attached hydrogen (secondary N) is 3. The highest BCUT2D eigenvalue weighted by atomic mass is 127. The zero-order valence-corrected chi connectivity index (χ0v) is 19.4. The first-order valence-electron chi connectivity index (χ1n) is 9.53. The molecule has 0 saturated carbocycles. The molecular weight excluding hydrogens is 497 g/mol. The van der Waals surface area contributed by atoms with Crippen LogP contribution in [0.5, 0.6) is 0 Å². The SMILES string of the molecule is CC(C)(C)OC(=O)NCCC(=O)NCc1ccccc1NC(=O)c1ccccc1I. The summed E-state index contributed by atoms with van der Waals surface area (Å²) in [4.78, 5) is 36.3. The number of rotatable bonds is 7. The van der Waals surface area contributed by atoms with Crippen molar-refractivity contribution in [1.82, 2.24) is 10.6 Å². The van der Waals surface area contributed by atoms with Gasteiger partial charge in [0, 0.05) is 28.8 Å². The van der Waals surface area contributed by atoms with Gasteiger partial charge in [0.25, 0.3) is 5.91 Å². The molecule has 0 aliphatic heterocycles. The van der Waals surface area contributed by atoms with Gasteiger partial charge in [0.15, 0.2) is 0 Å². The van der Waals surface area contributed by atoms with Gasteiger partial charge in [-0.15, -0.1) is 0 Å². The smallest absolute Gasteiger partial charge is 0.407 e. The van der Waals surface area contributed by atoms with Crippen LogP contribution in [0.25, 0.3) is 0 Å². The molecule has 30 heavy (non-hydrogen) atoms. The second-order valence-electron chi connectivity index (χ2n) is 7.55. The lowest BCUT2D eigenvalue weighted by atomic mass is 10.1. The fourth-order valence-electron chi connectivity index (χ4n) is 2.51. The molecule has 0 aliphatic carbocycles. The summed E-state index contributed by atoms with van der Waals surface area (Å²) in [6.07, 6.45) is -0.436. The Balaban J connectivity index is 1.86. The second kappa shape index (κ2) is 11.0. The van der Waals surface area contributed by atoms with E-state index in [1.807, 2.05) is 36.4 Å². The van der Waals surface area contributed by atoms with Crippen LogP contribution in [-0.2, 0) is 16.1 Å². The summed E-state index contributed by atoms with van der Waals surface area (Å²) in [5, 5.41) is 8.25. The molecule has 2 aromatic carbocycles. The zero-order chi connectivity index (χ0) is 22.1. The first kappa shape index (κ1) is 23.7. The topological polar surface area (TPSA) is 96.5 Å². The molecule has 8 heteroatoms. The molecule has 2 rings (SSSR count). The van der Waals surface area contributed by atoms with E-state index in [9.17, 15) is 14.4 Å². The van der Waals surface area contributed by atoms with Crippen LogP contribution in [0.15, 0.2) is 48.5 Å². The Bertz CT molecular complexity index is 909. The Kier molecular flexibility index (Phi) is 8.64. The summed E-state index contributed by atoms with van der Waals surface area (Å²) in [5.41, 5.74) is 1.42. The standard InChI is InChI=1S/C22H26IN3O4/c1-22(2,3)30-21(29)24-13-12-19(27)25-14-15-8-4-7-11-18(15)26-20(28)16-9-5-6-10-17(16)23/h4-11H,12-14H2,1-3H3,(H,24,29)(H,25,27)(H,26,28). The highest BCUT2D eigenvalue weighted by Crippen LogP contribution is 2.18. The summed E-state index contributed by atoms with van der Waals surface area (Å²) in [5.74, 6) is -0.426. The number of carbonyl (C=O) groups is 3. The normalized spacial score (nSPS) is 10.8. The number of para-hydroxylation sites is 1. The Hall–Kier alpha value is -2.62. The maximum Gasteiger partial charge on any atom is 0.407 e. The molecule has 0 heterocycles. The van der Waals surface area contributed by atoms with Gasteiger partial charge in [0.05, 0.1) is 5.56 Å². The molecule has 3 amide bonds. The van der Waals surface area contributed by atoms with Gasteiger partial charge in [-0.25, -0.2) is 4.79 Å². The minimum absolute atomic E-state index is 0.121. The Morgan fingerprint density at radius 2 is 1.63 bits per heavy atom. The predicted octanol–water partition coefficient (Wildman–Crippen LogP) is 4.07. The van der Waals surface area contributed by atoms with E-state index in [1.165, 1.54) is 0 Å². The van der Waals surface area contributed by atoms with Crippen LogP contribution in [0.2, 0.25) is 0 Å². The van der Waals surface area contributed by atoms with Crippen molar-refractivity contribution in [2.75, 3.05) is 11.9 Å². The Morgan fingerprint density at radius 1 is 0.967 bits per heavy atom. The van der Waals surface area contributed by atoms with Gasteiger partial charge in [-0.2, -0.15) is 0 Å². The van der Waals surface area contributed by atoms with Crippen molar-refractivity contribution in [3.63, 3.8) is 0 Å². The van der Waals surface area contributed by atoms with Crippen LogP contribution in [0.1, 0.15) is 43.1 Å². The van der Waals surface area contributed by atoms with E-state index >= 15 is 0 Å². The number of benzene rings is 2. The highest BCUT2D eigenvalue weighted by Gasteiger charge is 2.16. The van der Waals surface area contributed by atoms with E-state index in [2.05, 4.69) is 38.5 Å². The van der Waals surface area contributed by atoms with Gasteiger partial charge < -0.3 is 20.7 Å². The number of hydrogen-bond acceptors (Lipinski definition) is 4. The lowest BCUT2D eigenvalue weighted by Crippen LogP contribution is -2.35.